The maximum absolute atomic E-state index is 3.23. The third-order valence-corrected chi connectivity index (χ3v) is 1.59. The predicted octanol–water partition coefficient (Wildman–Crippen LogP) is -0.844. The van der Waals surface area contributed by atoms with E-state index in [9.17, 15) is 0 Å². The van der Waals surface area contributed by atoms with Gasteiger partial charge in [0.15, 0.2) is 0 Å². The number of rotatable bonds is 4. The fraction of sp³-hybridized carbons (Fsp3) is 1.00. The normalized spacial score (nSPS) is 10.9. The Balaban J connectivity index is 3.07. The number of hydrogen-bond donors (Lipinski definition) is 1. The minimum atomic E-state index is 1.07. The van der Waals surface area contributed by atoms with Gasteiger partial charge in [0, 0.05) is 6.67 Å². The first kappa shape index (κ1) is 8.14. The molecular weight excluding hydrogens is 116 g/mol. The highest BCUT2D eigenvalue weighted by Gasteiger charge is 1.92. The van der Waals surface area contributed by atoms with Crippen molar-refractivity contribution >= 4 is 10.4 Å². The van der Waals surface area contributed by atoms with Crippen molar-refractivity contribution in [2.75, 3.05) is 19.8 Å². The van der Waals surface area contributed by atoms with Gasteiger partial charge in [-0.15, -0.1) is 0 Å². The molecule has 8 heavy (non-hydrogen) atoms. The van der Waals surface area contributed by atoms with Gasteiger partial charge in [0.1, 0.15) is 0 Å². The van der Waals surface area contributed by atoms with Crippen LogP contribution in [0.3, 0.4) is 0 Å². The summed E-state index contributed by atoms with van der Waals surface area (Å²) in [5.41, 5.74) is 0. The molecule has 0 spiro atoms. The number of nitrogens with zero attached hydrogens (tertiary/aromatic N) is 1. The molecule has 0 aromatic rings. The monoisotopic (exact) mass is 132 g/mol. The highest BCUT2D eigenvalue weighted by molar-refractivity contribution is 6.04. The van der Waals surface area contributed by atoms with Gasteiger partial charge in [-0.25, -0.2) is 0 Å². The van der Waals surface area contributed by atoms with E-state index in [0.29, 0.717) is 0 Å². The fourth-order valence-corrected chi connectivity index (χ4v) is 1.12. The molecule has 0 unspecified atom stereocenters. The van der Waals surface area contributed by atoms with E-state index in [1.54, 1.807) is 0 Å². The second-order valence-electron chi connectivity index (χ2n) is 1.81. The molecule has 0 saturated heterocycles. The molecule has 0 aromatic heterocycles. The zero-order chi connectivity index (χ0) is 6.41. The Morgan fingerprint density at radius 1 is 1.38 bits per heavy atom. The van der Waals surface area contributed by atoms with E-state index >= 15 is 0 Å². The van der Waals surface area contributed by atoms with Gasteiger partial charge in [0.25, 0.3) is 0 Å². The zero-order valence-corrected chi connectivity index (χ0v) is 8.07. The van der Waals surface area contributed by atoms with Crippen LogP contribution in [0.25, 0.3) is 0 Å². The molecule has 0 amide bonds. The van der Waals surface area contributed by atoms with Gasteiger partial charge >= 0.3 is 0 Å². The zero-order valence-electron chi connectivity index (χ0n) is 6.07. The molecule has 0 fully saturated rings. The first-order valence-corrected chi connectivity index (χ1v) is 4.22. The molecule has 0 heterocycles. The Kier molecular flexibility index (Phi) is 5.37. The summed E-state index contributed by atoms with van der Waals surface area (Å²) in [6.07, 6.45) is 0. The van der Waals surface area contributed by atoms with Gasteiger partial charge in [0.2, 0.25) is 0 Å². The van der Waals surface area contributed by atoms with Crippen LogP contribution >= 0.6 is 0 Å². The summed E-state index contributed by atoms with van der Waals surface area (Å²) in [4.78, 5) is 5.59. The van der Waals surface area contributed by atoms with Crippen LogP contribution in [0.5, 0.6) is 0 Å². The van der Waals surface area contributed by atoms with Crippen LogP contribution in [0.4, 0.5) is 0 Å². The van der Waals surface area contributed by atoms with E-state index in [-0.39, 0.29) is 0 Å². The van der Waals surface area contributed by atoms with E-state index < -0.39 is 0 Å². The third-order valence-electron chi connectivity index (χ3n) is 1.28. The summed E-state index contributed by atoms with van der Waals surface area (Å²) in [6, 6.07) is 0. The Labute approximate surface area is 54.8 Å². The van der Waals surface area contributed by atoms with E-state index in [2.05, 4.69) is 23.7 Å². The highest BCUT2D eigenvalue weighted by atomic mass is 28.2. The lowest BCUT2D eigenvalue weighted by Gasteiger charge is -2.16. The van der Waals surface area contributed by atoms with Crippen molar-refractivity contribution in [1.29, 1.82) is 0 Å². The minimum Gasteiger partial charge on any atom is -0.334 e. The maximum atomic E-state index is 3.23. The molecular formula is C5H16N2Si. The van der Waals surface area contributed by atoms with Crippen molar-refractivity contribution in [3.8, 4) is 0 Å². The van der Waals surface area contributed by atoms with E-state index in [4.69, 9.17) is 0 Å². The van der Waals surface area contributed by atoms with Crippen molar-refractivity contribution in [3.05, 3.63) is 0 Å². The molecule has 50 valence electrons. The summed E-state index contributed by atoms with van der Waals surface area (Å²) >= 11 is 0. The Bertz CT molecular complexity index is 45.7. The van der Waals surface area contributed by atoms with E-state index in [1.165, 1.54) is 0 Å². The second kappa shape index (κ2) is 5.28. The van der Waals surface area contributed by atoms with Gasteiger partial charge in [-0.1, -0.05) is 13.8 Å². The molecule has 0 bridgehead atoms. The second-order valence-corrected chi connectivity index (χ2v) is 2.52. The predicted molar refractivity (Wildman–Crippen MR) is 40.9 cm³/mol. The number of hydrogen-bond acceptors (Lipinski definition) is 2. The molecule has 1 N–H and O–H groups in total. The molecule has 3 heteroatoms. The van der Waals surface area contributed by atoms with E-state index in [0.717, 1.165) is 30.2 Å². The fourth-order valence-electron chi connectivity index (χ4n) is 0.671. The smallest absolute Gasteiger partial charge is 0.0764 e. The molecule has 0 atom stereocenters. The SMILES string of the molecule is CCN(CC)CN[SiH3]. The number of nitrogens with one attached hydrogen (secondary N) is 1. The molecule has 0 saturated carbocycles. The lowest BCUT2D eigenvalue weighted by atomic mass is 10.6. The lowest BCUT2D eigenvalue weighted by Crippen LogP contribution is -2.32. The van der Waals surface area contributed by atoms with Crippen molar-refractivity contribution < 1.29 is 0 Å². The summed E-state index contributed by atoms with van der Waals surface area (Å²) in [5.74, 6) is 0. The van der Waals surface area contributed by atoms with Crippen molar-refractivity contribution in [2.24, 2.45) is 0 Å². The summed E-state index contributed by atoms with van der Waals surface area (Å²) < 4.78 is 0. The molecule has 0 aromatic carbocycles. The maximum Gasteiger partial charge on any atom is 0.0764 e. The van der Waals surface area contributed by atoms with Crippen LogP contribution < -0.4 is 4.98 Å². The van der Waals surface area contributed by atoms with Crippen molar-refractivity contribution in [3.63, 3.8) is 0 Å². The molecule has 2 nitrogen and oxygen atoms in total. The van der Waals surface area contributed by atoms with Crippen LogP contribution in [0.15, 0.2) is 0 Å². The summed E-state index contributed by atoms with van der Waals surface area (Å²) in [5, 5.41) is 0. The summed E-state index contributed by atoms with van der Waals surface area (Å²) in [6.45, 7) is 7.75. The Morgan fingerprint density at radius 2 is 1.88 bits per heavy atom. The van der Waals surface area contributed by atoms with Crippen molar-refractivity contribution in [2.45, 2.75) is 13.8 Å². The average Bonchev–Trinajstić information content (AvgIpc) is 1.83. The van der Waals surface area contributed by atoms with Crippen LogP contribution in [0.2, 0.25) is 0 Å². The third kappa shape index (κ3) is 3.18. The first-order chi connectivity index (χ1) is 3.85. The molecule has 0 radical (unpaired) electrons. The van der Waals surface area contributed by atoms with Gasteiger partial charge in [0.05, 0.1) is 10.4 Å². The first-order valence-electron chi connectivity index (χ1n) is 3.22. The highest BCUT2D eigenvalue weighted by Crippen LogP contribution is 1.79. The van der Waals surface area contributed by atoms with Gasteiger partial charge in [-0.2, -0.15) is 0 Å². The largest absolute Gasteiger partial charge is 0.334 e. The molecule has 0 rings (SSSR count). The molecule has 0 aliphatic carbocycles. The van der Waals surface area contributed by atoms with Crippen molar-refractivity contribution in [1.82, 2.24) is 9.88 Å². The van der Waals surface area contributed by atoms with E-state index in [1.807, 2.05) is 0 Å². The van der Waals surface area contributed by atoms with Gasteiger partial charge in [-0.05, 0) is 13.1 Å². The Morgan fingerprint density at radius 3 is 2.00 bits per heavy atom. The Hall–Kier alpha value is 0.137. The standard InChI is InChI=1S/C5H16N2Si/c1-3-7(4-2)5-6-8/h6H,3-5H2,1-2,8H3. The van der Waals surface area contributed by atoms with Gasteiger partial charge in [-0.3, -0.25) is 4.90 Å². The van der Waals surface area contributed by atoms with Crippen LogP contribution in [-0.2, 0) is 0 Å². The quantitative estimate of drug-likeness (QED) is 0.396. The van der Waals surface area contributed by atoms with Crippen LogP contribution in [-0.4, -0.2) is 35.1 Å². The van der Waals surface area contributed by atoms with Gasteiger partial charge < -0.3 is 4.98 Å². The molecule has 0 aliphatic heterocycles. The summed E-state index contributed by atoms with van der Waals surface area (Å²) in [7, 11) is 1.10. The lowest BCUT2D eigenvalue weighted by molar-refractivity contribution is 0.302. The van der Waals surface area contributed by atoms with Crippen LogP contribution in [0, 0.1) is 0 Å². The molecule has 0 aliphatic rings. The average molecular weight is 132 g/mol. The topological polar surface area (TPSA) is 15.3 Å². The van der Waals surface area contributed by atoms with Crippen LogP contribution in [0.1, 0.15) is 13.8 Å². The minimum absolute atomic E-state index is 1.07.